The Balaban J connectivity index is 1.21. The van der Waals surface area contributed by atoms with E-state index in [1.807, 2.05) is 0 Å². The first-order valence-electron chi connectivity index (χ1n) is 12.1. The van der Waals surface area contributed by atoms with E-state index in [-0.39, 0.29) is 54.2 Å². The summed E-state index contributed by atoms with van der Waals surface area (Å²) in [5, 5.41) is 14.2. The molecule has 20 heteroatoms. The number of hydrogen-bond donors (Lipinski definition) is 6. The zero-order valence-corrected chi connectivity index (χ0v) is 24.1. The van der Waals surface area contributed by atoms with E-state index in [1.54, 1.807) is 0 Å². The van der Waals surface area contributed by atoms with Gasteiger partial charge in [0, 0.05) is 12.0 Å². The molecule has 3 aromatic heterocycles. The maximum absolute atomic E-state index is 14.1. The van der Waals surface area contributed by atoms with Crippen molar-refractivity contribution in [3.05, 3.63) is 35.0 Å². The number of rotatable bonds is 3. The van der Waals surface area contributed by atoms with E-state index in [2.05, 4.69) is 54.7 Å². The van der Waals surface area contributed by atoms with Crippen LogP contribution in [0.3, 0.4) is 0 Å². The lowest BCUT2D eigenvalue weighted by Crippen LogP contribution is -2.34. The van der Waals surface area contributed by atoms with Crippen LogP contribution < -0.4 is 16.6 Å². The lowest BCUT2D eigenvalue weighted by Gasteiger charge is -2.26. The number of fused-ring (bicyclic) bond motifs is 4. The van der Waals surface area contributed by atoms with Gasteiger partial charge >= 0.3 is 0 Å². The first-order chi connectivity index (χ1) is 19.3. The number of aromatic amines is 1. The van der Waals surface area contributed by atoms with E-state index in [9.17, 15) is 14.3 Å². The normalized spacial score (nSPS) is 35.0. The molecule has 2 bridgehead atoms. The summed E-state index contributed by atoms with van der Waals surface area (Å²) >= 11 is 8.99. The SMILES string of the molecule is Nc1nc2c(ncn2C2OC3COP(S)O[C@H]4CC(Nc5ncncc5F)CC4COP(S)O[C@@H]2[C@@H]3O)c(=O)[nH]1. The first kappa shape index (κ1) is 28.4. The number of nitrogens with one attached hydrogen (secondary N) is 2. The number of H-pyrrole nitrogens is 1. The van der Waals surface area contributed by atoms with Gasteiger partial charge < -0.3 is 39.0 Å². The number of ether oxygens (including phenoxy) is 1. The number of nitrogens with two attached hydrogens (primary N) is 1. The molecule has 6 rings (SSSR count). The number of nitrogen functional groups attached to an aromatic ring is 1. The van der Waals surface area contributed by atoms with E-state index in [0.29, 0.717) is 12.8 Å². The molecule has 9 atom stereocenters. The minimum absolute atomic E-state index is 0.0501. The molecule has 6 unspecified atom stereocenters. The Morgan fingerprint density at radius 1 is 1.18 bits per heavy atom. The third-order valence-electron chi connectivity index (χ3n) is 6.86. The minimum atomic E-state index is -1.80. The second kappa shape index (κ2) is 11.9. The topological polar surface area (TPSA) is 194 Å². The highest BCUT2D eigenvalue weighted by Crippen LogP contribution is 2.53. The molecule has 2 saturated heterocycles. The lowest BCUT2D eigenvalue weighted by molar-refractivity contribution is -0.0459. The van der Waals surface area contributed by atoms with Crippen molar-refractivity contribution in [1.29, 1.82) is 0 Å². The van der Waals surface area contributed by atoms with Crippen LogP contribution in [-0.2, 0) is 22.8 Å². The Labute approximate surface area is 238 Å². The summed E-state index contributed by atoms with van der Waals surface area (Å²) in [6.07, 6.45) is 0.603. The molecule has 216 valence electrons. The fourth-order valence-electron chi connectivity index (χ4n) is 5.02. The van der Waals surface area contributed by atoms with Crippen molar-refractivity contribution in [2.24, 2.45) is 5.92 Å². The maximum atomic E-state index is 14.1. The van der Waals surface area contributed by atoms with Crippen LogP contribution in [0.2, 0.25) is 0 Å². The van der Waals surface area contributed by atoms with E-state index in [4.69, 9.17) is 28.6 Å². The molecule has 0 aromatic carbocycles. The van der Waals surface area contributed by atoms with Crippen LogP contribution >= 0.6 is 39.7 Å². The predicted octanol–water partition coefficient (Wildman–Crippen LogP) is 1.91. The van der Waals surface area contributed by atoms with Crippen LogP contribution in [0.25, 0.3) is 11.2 Å². The largest absolute Gasteiger partial charge is 0.387 e. The zero-order valence-electron chi connectivity index (χ0n) is 20.5. The highest BCUT2D eigenvalue weighted by molar-refractivity contribution is 8.42. The summed E-state index contributed by atoms with van der Waals surface area (Å²) in [6.45, 7) is 0.145. The molecule has 3 aliphatic rings. The smallest absolute Gasteiger partial charge is 0.280 e. The Morgan fingerprint density at radius 3 is 2.80 bits per heavy atom. The summed E-state index contributed by atoms with van der Waals surface area (Å²) in [7, 11) is -3.48. The van der Waals surface area contributed by atoms with Gasteiger partial charge in [0.2, 0.25) is 21.1 Å². The number of thiol groups is 2. The molecule has 0 spiro atoms. The van der Waals surface area contributed by atoms with Gasteiger partial charge in [-0.15, -0.1) is 0 Å². The van der Waals surface area contributed by atoms with Gasteiger partial charge in [-0.25, -0.2) is 19.3 Å². The Morgan fingerprint density at radius 2 is 1.98 bits per heavy atom. The van der Waals surface area contributed by atoms with Crippen LogP contribution in [0, 0.1) is 11.7 Å². The minimum Gasteiger partial charge on any atom is -0.387 e. The lowest BCUT2D eigenvalue weighted by atomic mass is 10.1. The summed E-state index contributed by atoms with van der Waals surface area (Å²) in [5.74, 6) is -0.657. The number of aliphatic hydroxyl groups is 1. The van der Waals surface area contributed by atoms with Crippen molar-refractivity contribution in [2.75, 3.05) is 24.3 Å². The van der Waals surface area contributed by atoms with Crippen LogP contribution in [0.15, 0.2) is 23.6 Å². The van der Waals surface area contributed by atoms with Gasteiger partial charge in [0.15, 0.2) is 29.0 Å². The van der Waals surface area contributed by atoms with Crippen LogP contribution in [0.1, 0.15) is 19.1 Å². The van der Waals surface area contributed by atoms with E-state index in [0.717, 1.165) is 6.20 Å². The first-order valence-corrected chi connectivity index (χ1v) is 16.8. The van der Waals surface area contributed by atoms with E-state index in [1.165, 1.54) is 17.2 Å². The van der Waals surface area contributed by atoms with Gasteiger partial charge in [-0.05, 0) is 12.8 Å². The van der Waals surface area contributed by atoms with Crippen molar-refractivity contribution in [2.45, 2.75) is 49.5 Å². The number of halogens is 1. The molecule has 0 radical (unpaired) electrons. The predicted molar refractivity (Wildman–Crippen MR) is 148 cm³/mol. The van der Waals surface area contributed by atoms with Crippen LogP contribution in [-0.4, -0.2) is 78.3 Å². The average Bonchev–Trinajstić information content (AvgIpc) is 3.59. The molecule has 3 aromatic rings. The van der Waals surface area contributed by atoms with Crippen molar-refractivity contribution >= 4 is 62.6 Å². The summed E-state index contributed by atoms with van der Waals surface area (Å²) in [5.41, 5.74) is 5.43. The van der Waals surface area contributed by atoms with Crippen LogP contribution in [0.4, 0.5) is 16.2 Å². The van der Waals surface area contributed by atoms with E-state index >= 15 is 0 Å². The van der Waals surface area contributed by atoms with Gasteiger partial charge in [0.05, 0.1) is 31.8 Å². The summed E-state index contributed by atoms with van der Waals surface area (Å²) < 4.78 is 45.7. The zero-order chi connectivity index (χ0) is 28.0. The third kappa shape index (κ3) is 5.79. The summed E-state index contributed by atoms with van der Waals surface area (Å²) in [4.78, 5) is 30.6. The molecule has 2 aliphatic heterocycles. The highest BCUT2D eigenvalue weighted by Gasteiger charge is 2.48. The fourth-order valence-corrected chi connectivity index (χ4v) is 7.75. The van der Waals surface area contributed by atoms with Gasteiger partial charge in [0.1, 0.15) is 24.6 Å². The van der Waals surface area contributed by atoms with Gasteiger partial charge in [-0.3, -0.25) is 14.3 Å². The molecule has 15 nitrogen and oxygen atoms in total. The van der Waals surface area contributed by atoms with E-state index < -0.39 is 51.1 Å². The standard InChI is InChI=1S/C20H25FN8O7P2S2/c21-10-3-23-6-24-16(10)26-9-1-8-4-32-38(40)36-15-14(30)12(5-33-37(39)35-11(8)2-9)34-19(15)29-7-25-13-17(29)27-20(22)28-18(13)31/h3,6-9,11-12,14-15,19,30,39-40H,1-2,4-5H2,(H,23,24,26)(H3,22,27,28,31)/t8?,9?,11-,12?,14+,15+,19?,37?,38?/m0/s1. The molecular formula is C20H25FN8O7P2S2. The average molecular weight is 635 g/mol. The Bertz CT molecular complexity index is 1430. The summed E-state index contributed by atoms with van der Waals surface area (Å²) in [6, 6.07) is -0.150. The molecule has 1 aliphatic carbocycles. The second-order valence-corrected chi connectivity index (χ2v) is 13.3. The van der Waals surface area contributed by atoms with Crippen LogP contribution in [0.5, 0.6) is 0 Å². The molecule has 40 heavy (non-hydrogen) atoms. The number of nitrogens with zero attached hydrogens (tertiary/aromatic N) is 5. The number of hydrogen-bond acceptors (Lipinski definition) is 15. The number of imidazole rings is 1. The van der Waals surface area contributed by atoms with Gasteiger partial charge in [-0.1, -0.05) is 24.5 Å². The highest BCUT2D eigenvalue weighted by atomic mass is 32.7. The Hall–Kier alpha value is -1.72. The molecule has 0 amide bonds. The monoisotopic (exact) mass is 634 g/mol. The van der Waals surface area contributed by atoms with Crippen molar-refractivity contribution in [3.8, 4) is 0 Å². The number of anilines is 2. The number of aliphatic hydroxyl groups excluding tert-OH is 1. The van der Waals surface area contributed by atoms with Crippen molar-refractivity contribution < 1.29 is 32.3 Å². The molecule has 1 saturated carbocycles. The van der Waals surface area contributed by atoms with Crippen molar-refractivity contribution in [3.63, 3.8) is 0 Å². The maximum Gasteiger partial charge on any atom is 0.280 e. The third-order valence-corrected chi connectivity index (χ3v) is 9.73. The molecule has 5 heterocycles. The van der Waals surface area contributed by atoms with Gasteiger partial charge in [0.25, 0.3) is 5.56 Å². The Kier molecular flexibility index (Phi) is 8.43. The molecule has 5 N–H and O–H groups in total. The quantitative estimate of drug-likeness (QED) is 0.181. The molecule has 3 fully saturated rings. The second-order valence-electron chi connectivity index (χ2n) is 9.40. The molecular weight excluding hydrogens is 609 g/mol. The van der Waals surface area contributed by atoms with Crippen molar-refractivity contribution in [1.82, 2.24) is 29.5 Å². The van der Waals surface area contributed by atoms with Gasteiger partial charge in [-0.2, -0.15) is 4.98 Å². The number of aromatic nitrogens is 6. The fraction of sp³-hybridized carbons (Fsp3) is 0.550.